The Morgan fingerprint density at radius 1 is 0.885 bits per heavy atom. The van der Waals surface area contributed by atoms with Crippen LogP contribution in [-0.2, 0) is 0 Å². The highest BCUT2D eigenvalue weighted by Gasteiger charge is 2.17. The van der Waals surface area contributed by atoms with Crippen LogP contribution >= 0.6 is 0 Å². The lowest BCUT2D eigenvalue weighted by atomic mass is 9.91. The second kappa shape index (κ2) is 6.48. The summed E-state index contributed by atoms with van der Waals surface area (Å²) in [5, 5.41) is 1.05. The number of hydrogen-bond donors (Lipinski definition) is 2. The summed E-state index contributed by atoms with van der Waals surface area (Å²) in [5.74, 6) is 0.481. The van der Waals surface area contributed by atoms with Crippen LogP contribution in [0.5, 0.6) is 0 Å². The Hall–Kier alpha value is -3.40. The maximum absolute atomic E-state index is 6.28. The summed E-state index contributed by atoms with van der Waals surface area (Å²) in [7, 11) is 0. The molecule has 2 aromatic carbocycles. The number of aromatic nitrogens is 2. The van der Waals surface area contributed by atoms with Crippen molar-refractivity contribution in [2.75, 3.05) is 11.5 Å². The molecule has 0 saturated carbocycles. The van der Waals surface area contributed by atoms with Crippen molar-refractivity contribution in [1.29, 1.82) is 0 Å². The minimum atomic E-state index is 0.119. The first-order valence-corrected chi connectivity index (χ1v) is 8.60. The molecule has 1 unspecified atom stereocenters. The summed E-state index contributed by atoms with van der Waals surface area (Å²) in [6.07, 6.45) is 1.79. The average Bonchev–Trinajstić information content (AvgIpc) is 2.69. The van der Waals surface area contributed by atoms with Crippen molar-refractivity contribution in [3.63, 3.8) is 0 Å². The van der Waals surface area contributed by atoms with Crippen molar-refractivity contribution in [2.45, 2.75) is 12.8 Å². The predicted molar refractivity (Wildman–Crippen MR) is 108 cm³/mol. The zero-order valence-electron chi connectivity index (χ0n) is 14.6. The van der Waals surface area contributed by atoms with E-state index in [4.69, 9.17) is 11.5 Å². The third-order valence-corrected chi connectivity index (χ3v) is 4.81. The zero-order chi connectivity index (χ0) is 18.1. The van der Waals surface area contributed by atoms with E-state index < -0.39 is 0 Å². The van der Waals surface area contributed by atoms with Gasteiger partial charge in [-0.05, 0) is 29.3 Å². The van der Waals surface area contributed by atoms with Gasteiger partial charge in [0, 0.05) is 23.1 Å². The molecule has 0 fully saturated rings. The average molecular weight is 340 g/mol. The molecule has 4 nitrogen and oxygen atoms in total. The van der Waals surface area contributed by atoms with Crippen molar-refractivity contribution in [3.05, 3.63) is 84.1 Å². The third-order valence-electron chi connectivity index (χ3n) is 4.81. The van der Waals surface area contributed by atoms with E-state index in [9.17, 15) is 0 Å². The van der Waals surface area contributed by atoms with Gasteiger partial charge in [0.05, 0.1) is 16.9 Å². The molecular formula is C22H20N4. The van der Waals surface area contributed by atoms with E-state index in [1.54, 1.807) is 6.20 Å². The maximum Gasteiger partial charge on any atom is 0.147 e. The number of anilines is 2. The van der Waals surface area contributed by atoms with Crippen molar-refractivity contribution in [1.82, 2.24) is 9.97 Å². The zero-order valence-corrected chi connectivity index (χ0v) is 14.6. The Morgan fingerprint density at radius 3 is 2.50 bits per heavy atom. The molecule has 1 atom stereocenters. The van der Waals surface area contributed by atoms with Crippen LogP contribution in [-0.4, -0.2) is 9.97 Å². The van der Waals surface area contributed by atoms with Crippen LogP contribution in [0.1, 0.15) is 24.0 Å². The molecule has 0 saturated heterocycles. The number of rotatable bonds is 3. The van der Waals surface area contributed by atoms with Crippen LogP contribution in [0, 0.1) is 0 Å². The second-order valence-electron chi connectivity index (χ2n) is 6.40. The number of pyridine rings is 2. The van der Waals surface area contributed by atoms with Crippen LogP contribution < -0.4 is 11.5 Å². The van der Waals surface area contributed by atoms with Gasteiger partial charge < -0.3 is 11.5 Å². The fourth-order valence-electron chi connectivity index (χ4n) is 3.34. The molecule has 4 heteroatoms. The molecule has 4 N–H and O–H groups in total. The van der Waals surface area contributed by atoms with Gasteiger partial charge in [-0.1, -0.05) is 55.5 Å². The molecule has 4 aromatic rings. The number of hydrogen-bond acceptors (Lipinski definition) is 4. The van der Waals surface area contributed by atoms with Gasteiger partial charge in [0.1, 0.15) is 5.82 Å². The summed E-state index contributed by atoms with van der Waals surface area (Å²) < 4.78 is 0. The fourth-order valence-corrected chi connectivity index (χ4v) is 3.34. The number of nitrogens with zero attached hydrogens (tertiary/aromatic N) is 2. The van der Waals surface area contributed by atoms with Crippen LogP contribution in [0.15, 0.2) is 72.9 Å². The van der Waals surface area contributed by atoms with Gasteiger partial charge in [0.15, 0.2) is 0 Å². The Labute approximate surface area is 152 Å². The molecule has 0 bridgehead atoms. The van der Waals surface area contributed by atoms with Gasteiger partial charge in [-0.3, -0.25) is 4.98 Å². The van der Waals surface area contributed by atoms with Gasteiger partial charge in [0.25, 0.3) is 0 Å². The van der Waals surface area contributed by atoms with Gasteiger partial charge in [-0.15, -0.1) is 0 Å². The standard InChI is InChI=1S/C22H20N4/c1-14(15-7-3-2-4-8-15)18-13-20(26-22(24)21(18)23)17-9-5-11-19-16(17)10-6-12-25-19/h2-14H,23H2,1H3,(H2,24,26). The Balaban J connectivity index is 1.90. The number of benzene rings is 2. The van der Waals surface area contributed by atoms with Crippen LogP contribution in [0.4, 0.5) is 11.5 Å². The third kappa shape index (κ3) is 2.75. The van der Waals surface area contributed by atoms with E-state index in [0.29, 0.717) is 11.5 Å². The van der Waals surface area contributed by atoms with E-state index in [0.717, 1.165) is 27.7 Å². The fraction of sp³-hybridized carbons (Fsp3) is 0.0909. The summed E-state index contributed by atoms with van der Waals surface area (Å²) in [6.45, 7) is 2.13. The smallest absolute Gasteiger partial charge is 0.147 e. The minimum Gasteiger partial charge on any atom is -0.396 e. The number of nitrogen functional groups attached to an aromatic ring is 2. The highest BCUT2D eigenvalue weighted by Crippen LogP contribution is 2.35. The first-order chi connectivity index (χ1) is 12.6. The van der Waals surface area contributed by atoms with Crippen molar-refractivity contribution < 1.29 is 0 Å². The molecule has 26 heavy (non-hydrogen) atoms. The van der Waals surface area contributed by atoms with Gasteiger partial charge in [-0.2, -0.15) is 0 Å². The molecule has 4 rings (SSSR count). The molecule has 0 amide bonds. The molecule has 0 aliphatic carbocycles. The van der Waals surface area contributed by atoms with Gasteiger partial charge in [0.2, 0.25) is 0 Å². The molecule has 0 aliphatic heterocycles. The van der Waals surface area contributed by atoms with Crippen LogP contribution in [0.25, 0.3) is 22.2 Å². The first kappa shape index (κ1) is 16.1. The topological polar surface area (TPSA) is 77.8 Å². The molecule has 128 valence electrons. The van der Waals surface area contributed by atoms with Crippen molar-refractivity contribution in [2.24, 2.45) is 0 Å². The van der Waals surface area contributed by atoms with Crippen LogP contribution in [0.3, 0.4) is 0 Å². The lowest BCUT2D eigenvalue weighted by Gasteiger charge is -2.18. The highest BCUT2D eigenvalue weighted by molar-refractivity contribution is 5.94. The van der Waals surface area contributed by atoms with E-state index in [-0.39, 0.29) is 5.92 Å². The van der Waals surface area contributed by atoms with Gasteiger partial charge >= 0.3 is 0 Å². The number of nitrogens with two attached hydrogens (primary N) is 2. The Kier molecular flexibility index (Phi) is 4.01. The maximum atomic E-state index is 6.28. The van der Waals surface area contributed by atoms with E-state index >= 15 is 0 Å². The Morgan fingerprint density at radius 2 is 1.69 bits per heavy atom. The van der Waals surface area contributed by atoms with Gasteiger partial charge in [-0.25, -0.2) is 4.98 Å². The lowest BCUT2D eigenvalue weighted by molar-refractivity contribution is 0.923. The minimum absolute atomic E-state index is 0.119. The molecular weight excluding hydrogens is 320 g/mol. The molecule has 0 spiro atoms. The van der Waals surface area contributed by atoms with Crippen molar-refractivity contribution >= 4 is 22.4 Å². The Bertz CT molecular complexity index is 1070. The highest BCUT2D eigenvalue weighted by atomic mass is 14.9. The first-order valence-electron chi connectivity index (χ1n) is 8.60. The summed E-state index contributed by atoms with van der Waals surface area (Å²) >= 11 is 0. The van der Waals surface area contributed by atoms with E-state index in [1.165, 1.54) is 5.56 Å². The monoisotopic (exact) mass is 340 g/mol. The van der Waals surface area contributed by atoms with E-state index in [2.05, 4.69) is 29.0 Å². The summed E-state index contributed by atoms with van der Waals surface area (Å²) in [4.78, 5) is 8.98. The molecule has 0 radical (unpaired) electrons. The molecule has 2 heterocycles. The quantitative estimate of drug-likeness (QED) is 0.571. The second-order valence-corrected chi connectivity index (χ2v) is 6.40. The predicted octanol–water partition coefficient (Wildman–Crippen LogP) is 4.61. The molecule has 0 aliphatic rings. The van der Waals surface area contributed by atoms with E-state index in [1.807, 2.05) is 54.6 Å². The van der Waals surface area contributed by atoms with Crippen LogP contribution in [0.2, 0.25) is 0 Å². The number of fused-ring (bicyclic) bond motifs is 1. The summed E-state index contributed by atoms with van der Waals surface area (Å²) in [5.41, 5.74) is 17.9. The summed E-state index contributed by atoms with van der Waals surface area (Å²) in [6, 6.07) is 22.3. The largest absolute Gasteiger partial charge is 0.396 e. The normalized spacial score (nSPS) is 12.2. The SMILES string of the molecule is CC(c1ccccc1)c1cc(-c2cccc3ncccc23)nc(N)c1N. The van der Waals surface area contributed by atoms with Crippen molar-refractivity contribution in [3.8, 4) is 11.3 Å². The lowest BCUT2D eigenvalue weighted by Crippen LogP contribution is -2.07. The molecule has 2 aromatic heterocycles.